The van der Waals surface area contributed by atoms with Crippen molar-refractivity contribution in [2.24, 2.45) is 5.73 Å². The second kappa shape index (κ2) is 5.31. The van der Waals surface area contributed by atoms with Crippen LogP contribution in [0.1, 0.15) is 36.4 Å². The number of nitrogens with zero attached hydrogens (tertiary/aromatic N) is 1. The van der Waals surface area contributed by atoms with Crippen LogP contribution in [0.25, 0.3) is 0 Å². The fourth-order valence-corrected chi connectivity index (χ4v) is 2.12. The van der Waals surface area contributed by atoms with Crippen LogP contribution in [0.5, 0.6) is 0 Å². The zero-order valence-electron chi connectivity index (χ0n) is 10.6. The number of carbonyl (C=O) groups is 2. The van der Waals surface area contributed by atoms with E-state index in [0.717, 1.165) is 11.1 Å². The standard InChI is InChI=1S/C14H18N2O2/c1-10-5-7-11(8-6-10)12(15)9-16-13(17)3-2-4-14(16)18/h5-8,12H,2-4,9,15H2,1H3. The highest BCUT2D eigenvalue weighted by molar-refractivity contribution is 5.97. The molecule has 1 unspecified atom stereocenters. The van der Waals surface area contributed by atoms with Crippen LogP contribution in [0.15, 0.2) is 24.3 Å². The Balaban J connectivity index is 2.06. The van der Waals surface area contributed by atoms with Gasteiger partial charge in [0.1, 0.15) is 0 Å². The summed E-state index contributed by atoms with van der Waals surface area (Å²) in [5.74, 6) is -0.206. The van der Waals surface area contributed by atoms with Gasteiger partial charge in [-0.05, 0) is 18.9 Å². The molecule has 4 nitrogen and oxygen atoms in total. The minimum absolute atomic E-state index is 0.103. The summed E-state index contributed by atoms with van der Waals surface area (Å²) in [7, 11) is 0. The number of aryl methyl sites for hydroxylation is 1. The number of amides is 2. The molecule has 0 saturated carbocycles. The second-order valence-corrected chi connectivity index (χ2v) is 4.77. The monoisotopic (exact) mass is 246 g/mol. The van der Waals surface area contributed by atoms with Crippen LogP contribution in [-0.2, 0) is 9.59 Å². The van der Waals surface area contributed by atoms with E-state index in [1.807, 2.05) is 31.2 Å². The largest absolute Gasteiger partial charge is 0.322 e. The zero-order chi connectivity index (χ0) is 13.1. The second-order valence-electron chi connectivity index (χ2n) is 4.77. The van der Waals surface area contributed by atoms with Gasteiger partial charge in [0, 0.05) is 25.4 Å². The maximum absolute atomic E-state index is 11.7. The molecular weight excluding hydrogens is 228 g/mol. The van der Waals surface area contributed by atoms with E-state index in [0.29, 0.717) is 19.3 Å². The first-order chi connectivity index (χ1) is 8.58. The topological polar surface area (TPSA) is 63.4 Å². The molecule has 0 bridgehead atoms. The van der Waals surface area contributed by atoms with E-state index < -0.39 is 0 Å². The van der Waals surface area contributed by atoms with Gasteiger partial charge in [0.15, 0.2) is 0 Å². The van der Waals surface area contributed by atoms with E-state index >= 15 is 0 Å². The molecule has 1 fully saturated rings. The number of hydrogen-bond donors (Lipinski definition) is 1. The summed E-state index contributed by atoms with van der Waals surface area (Å²) in [4.78, 5) is 24.6. The highest BCUT2D eigenvalue weighted by atomic mass is 16.2. The van der Waals surface area contributed by atoms with Crippen LogP contribution in [0.2, 0.25) is 0 Å². The lowest BCUT2D eigenvalue weighted by Crippen LogP contribution is -2.43. The Hall–Kier alpha value is -1.68. The fraction of sp³-hybridized carbons (Fsp3) is 0.429. The van der Waals surface area contributed by atoms with Crippen molar-refractivity contribution in [1.82, 2.24) is 4.90 Å². The molecule has 1 heterocycles. The molecule has 1 aromatic carbocycles. The van der Waals surface area contributed by atoms with Crippen molar-refractivity contribution in [3.63, 3.8) is 0 Å². The summed E-state index contributed by atoms with van der Waals surface area (Å²) >= 11 is 0. The molecule has 18 heavy (non-hydrogen) atoms. The number of imide groups is 1. The maximum atomic E-state index is 11.7. The number of piperidine rings is 1. The summed E-state index contributed by atoms with van der Waals surface area (Å²) in [6, 6.07) is 7.54. The Kier molecular flexibility index (Phi) is 3.77. The Morgan fingerprint density at radius 1 is 1.17 bits per heavy atom. The van der Waals surface area contributed by atoms with Crippen LogP contribution >= 0.6 is 0 Å². The lowest BCUT2D eigenvalue weighted by molar-refractivity contribution is -0.148. The van der Waals surface area contributed by atoms with Crippen molar-refractivity contribution in [3.05, 3.63) is 35.4 Å². The van der Waals surface area contributed by atoms with Gasteiger partial charge in [0.25, 0.3) is 0 Å². The molecule has 2 amide bonds. The fourth-order valence-electron chi connectivity index (χ4n) is 2.12. The van der Waals surface area contributed by atoms with Crippen molar-refractivity contribution < 1.29 is 9.59 Å². The molecule has 1 aliphatic rings. The molecule has 2 N–H and O–H groups in total. The summed E-state index contributed by atoms with van der Waals surface area (Å²) in [5.41, 5.74) is 8.17. The lowest BCUT2D eigenvalue weighted by Gasteiger charge is -2.27. The number of likely N-dealkylation sites (tertiary alicyclic amines) is 1. The highest BCUT2D eigenvalue weighted by Crippen LogP contribution is 2.17. The van der Waals surface area contributed by atoms with E-state index in [4.69, 9.17) is 5.73 Å². The van der Waals surface area contributed by atoms with Gasteiger partial charge in [-0.3, -0.25) is 14.5 Å². The molecule has 96 valence electrons. The van der Waals surface area contributed by atoms with Gasteiger partial charge < -0.3 is 5.73 Å². The van der Waals surface area contributed by atoms with Crippen LogP contribution in [0, 0.1) is 6.92 Å². The SMILES string of the molecule is Cc1ccc(C(N)CN2C(=O)CCCC2=O)cc1. The molecule has 4 heteroatoms. The molecule has 1 saturated heterocycles. The maximum Gasteiger partial charge on any atom is 0.229 e. The van der Waals surface area contributed by atoms with Crippen molar-refractivity contribution in [2.45, 2.75) is 32.2 Å². The lowest BCUT2D eigenvalue weighted by atomic mass is 10.0. The van der Waals surface area contributed by atoms with Crippen molar-refractivity contribution in [2.75, 3.05) is 6.54 Å². The van der Waals surface area contributed by atoms with Crippen LogP contribution in [-0.4, -0.2) is 23.3 Å². The highest BCUT2D eigenvalue weighted by Gasteiger charge is 2.27. The zero-order valence-corrected chi connectivity index (χ0v) is 10.6. The smallest absolute Gasteiger partial charge is 0.229 e. The number of hydrogen-bond acceptors (Lipinski definition) is 3. The van der Waals surface area contributed by atoms with Crippen molar-refractivity contribution >= 4 is 11.8 Å². The van der Waals surface area contributed by atoms with E-state index in [1.54, 1.807) is 0 Å². The molecule has 0 aromatic heterocycles. The average Bonchev–Trinajstić information content (AvgIpc) is 2.34. The molecule has 1 aromatic rings. The number of nitrogens with two attached hydrogens (primary N) is 1. The molecule has 1 atom stereocenters. The third-order valence-electron chi connectivity index (χ3n) is 3.27. The molecule has 0 spiro atoms. The quantitative estimate of drug-likeness (QED) is 0.823. The summed E-state index contributed by atoms with van der Waals surface area (Å²) in [5, 5.41) is 0. The van der Waals surface area contributed by atoms with Crippen LogP contribution < -0.4 is 5.73 Å². The Labute approximate surface area is 107 Å². The normalized spacial score (nSPS) is 18.0. The molecule has 0 radical (unpaired) electrons. The molecular formula is C14H18N2O2. The number of carbonyl (C=O) groups excluding carboxylic acids is 2. The minimum Gasteiger partial charge on any atom is -0.322 e. The van der Waals surface area contributed by atoms with Gasteiger partial charge in [-0.15, -0.1) is 0 Å². The first-order valence-corrected chi connectivity index (χ1v) is 6.23. The molecule has 0 aliphatic carbocycles. The molecule has 2 rings (SSSR count). The average molecular weight is 246 g/mol. The Bertz CT molecular complexity index is 437. The van der Waals surface area contributed by atoms with Gasteiger partial charge >= 0.3 is 0 Å². The predicted molar refractivity (Wildman–Crippen MR) is 68.7 cm³/mol. The summed E-state index contributed by atoms with van der Waals surface area (Å²) in [6.45, 7) is 2.29. The third kappa shape index (κ3) is 2.76. The van der Waals surface area contributed by atoms with Gasteiger partial charge in [-0.2, -0.15) is 0 Å². The van der Waals surface area contributed by atoms with Crippen molar-refractivity contribution in [3.8, 4) is 0 Å². The minimum atomic E-state index is -0.309. The van der Waals surface area contributed by atoms with E-state index in [-0.39, 0.29) is 24.4 Å². The predicted octanol–water partition coefficient (Wildman–Crippen LogP) is 1.53. The number of benzene rings is 1. The molecule has 1 aliphatic heterocycles. The van der Waals surface area contributed by atoms with E-state index in [2.05, 4.69) is 0 Å². The van der Waals surface area contributed by atoms with Gasteiger partial charge in [-0.25, -0.2) is 0 Å². The van der Waals surface area contributed by atoms with Gasteiger partial charge in [0.2, 0.25) is 11.8 Å². The van der Waals surface area contributed by atoms with Gasteiger partial charge in [0.05, 0.1) is 0 Å². The van der Waals surface area contributed by atoms with E-state index in [1.165, 1.54) is 4.90 Å². The van der Waals surface area contributed by atoms with E-state index in [9.17, 15) is 9.59 Å². The third-order valence-corrected chi connectivity index (χ3v) is 3.27. The van der Waals surface area contributed by atoms with Crippen LogP contribution in [0.4, 0.5) is 0 Å². The van der Waals surface area contributed by atoms with Crippen molar-refractivity contribution in [1.29, 1.82) is 0 Å². The number of rotatable bonds is 3. The first-order valence-electron chi connectivity index (χ1n) is 6.23. The first kappa shape index (κ1) is 12.8. The summed E-state index contributed by atoms with van der Waals surface area (Å²) in [6.07, 6.45) is 1.56. The Morgan fingerprint density at radius 3 is 2.28 bits per heavy atom. The Morgan fingerprint density at radius 2 is 1.72 bits per heavy atom. The van der Waals surface area contributed by atoms with Gasteiger partial charge in [-0.1, -0.05) is 29.8 Å². The van der Waals surface area contributed by atoms with Crippen LogP contribution in [0.3, 0.4) is 0 Å². The summed E-state index contributed by atoms with van der Waals surface area (Å²) < 4.78 is 0.